The molecule has 3 aromatic rings. The number of benzene rings is 2. The topological polar surface area (TPSA) is 88.6 Å². The predicted molar refractivity (Wildman–Crippen MR) is 100 cm³/mol. The number of fused-ring (bicyclic) bond motifs is 1. The summed E-state index contributed by atoms with van der Waals surface area (Å²) in [7, 11) is 0. The van der Waals surface area contributed by atoms with Crippen LogP contribution in [0.3, 0.4) is 0 Å². The Hall–Kier alpha value is -3.61. The summed E-state index contributed by atoms with van der Waals surface area (Å²) < 4.78 is 1.52. The van der Waals surface area contributed by atoms with Crippen molar-refractivity contribution < 1.29 is 0 Å². The molecule has 0 unspecified atom stereocenters. The second kappa shape index (κ2) is 6.95. The van der Waals surface area contributed by atoms with E-state index in [1.165, 1.54) is 4.68 Å². The van der Waals surface area contributed by atoms with Gasteiger partial charge < -0.3 is 0 Å². The van der Waals surface area contributed by atoms with Crippen LogP contribution in [0.25, 0.3) is 5.69 Å². The first-order chi connectivity index (χ1) is 13.2. The summed E-state index contributed by atoms with van der Waals surface area (Å²) in [5.41, 5.74) is 4.59. The van der Waals surface area contributed by atoms with Gasteiger partial charge in [-0.3, -0.25) is 14.8 Å². The molecule has 0 fully saturated rings. The smallest absolute Gasteiger partial charge is 0.274 e. The minimum atomic E-state index is -0.0498. The lowest BCUT2D eigenvalue weighted by Gasteiger charge is -2.25. The van der Waals surface area contributed by atoms with E-state index in [1.807, 2.05) is 24.3 Å². The zero-order valence-corrected chi connectivity index (χ0v) is 14.6. The Morgan fingerprint density at radius 2 is 1.78 bits per heavy atom. The van der Waals surface area contributed by atoms with Crippen LogP contribution in [0, 0.1) is 22.7 Å². The van der Waals surface area contributed by atoms with Gasteiger partial charge in [-0.05, 0) is 42.3 Å². The maximum absolute atomic E-state index is 12.8. The molecule has 0 radical (unpaired) electrons. The molecule has 6 heteroatoms. The van der Waals surface area contributed by atoms with E-state index in [4.69, 9.17) is 10.5 Å². The summed E-state index contributed by atoms with van der Waals surface area (Å²) in [5.74, 6) is 0. The molecule has 4 rings (SSSR count). The highest BCUT2D eigenvalue weighted by molar-refractivity contribution is 5.41. The molecule has 27 heavy (non-hydrogen) atoms. The lowest BCUT2D eigenvalue weighted by Crippen LogP contribution is -2.31. The van der Waals surface area contributed by atoms with Crippen LogP contribution in [0.4, 0.5) is 0 Å². The number of hydrogen-bond acceptors (Lipinski definition) is 4. The number of nitrogens with one attached hydrogen (secondary N) is 1. The van der Waals surface area contributed by atoms with E-state index in [0.717, 1.165) is 29.9 Å². The number of nitrogens with zero attached hydrogens (tertiary/aromatic N) is 4. The van der Waals surface area contributed by atoms with Crippen molar-refractivity contribution >= 4 is 0 Å². The summed E-state index contributed by atoms with van der Waals surface area (Å²) in [6.45, 7) is 2.16. The Kier molecular flexibility index (Phi) is 4.33. The van der Waals surface area contributed by atoms with E-state index in [2.05, 4.69) is 22.1 Å². The molecule has 1 aromatic heterocycles. The van der Waals surface area contributed by atoms with Gasteiger partial charge in [-0.2, -0.15) is 10.5 Å². The van der Waals surface area contributed by atoms with Crippen molar-refractivity contribution in [2.24, 2.45) is 0 Å². The standard InChI is InChI=1S/C21H17N5O/c22-11-15-3-1-5-17(9-15)13-25-8-7-19-20(14-25)24-26(21(19)27)18-6-2-4-16(10-18)12-23/h1-6,9-10,24H,7-8,13-14H2. The molecule has 0 spiro atoms. The summed E-state index contributed by atoms with van der Waals surface area (Å²) in [6.07, 6.45) is 0.674. The van der Waals surface area contributed by atoms with Crippen molar-refractivity contribution in [3.05, 3.63) is 86.8 Å². The molecule has 0 aliphatic carbocycles. The highest BCUT2D eigenvalue weighted by Crippen LogP contribution is 2.19. The molecule has 1 aliphatic heterocycles. The van der Waals surface area contributed by atoms with Gasteiger partial charge >= 0.3 is 0 Å². The van der Waals surface area contributed by atoms with E-state index < -0.39 is 0 Å². The van der Waals surface area contributed by atoms with E-state index in [0.29, 0.717) is 29.8 Å². The van der Waals surface area contributed by atoms with Crippen LogP contribution in [-0.4, -0.2) is 21.2 Å². The Balaban J connectivity index is 1.59. The molecular weight excluding hydrogens is 338 g/mol. The quantitative estimate of drug-likeness (QED) is 0.782. The molecular formula is C21H17N5O. The molecule has 1 N–H and O–H groups in total. The van der Waals surface area contributed by atoms with Gasteiger partial charge in [0.2, 0.25) is 0 Å². The minimum absolute atomic E-state index is 0.0498. The molecule has 1 aliphatic rings. The summed E-state index contributed by atoms with van der Waals surface area (Å²) >= 11 is 0. The number of nitriles is 2. The van der Waals surface area contributed by atoms with Crippen molar-refractivity contribution in [2.75, 3.05) is 6.54 Å². The molecule has 2 aromatic carbocycles. The summed E-state index contributed by atoms with van der Waals surface area (Å²) in [6, 6.07) is 18.9. The Morgan fingerprint density at radius 3 is 2.56 bits per heavy atom. The highest BCUT2D eigenvalue weighted by atomic mass is 16.1. The van der Waals surface area contributed by atoms with Gasteiger partial charge in [0.1, 0.15) is 0 Å². The third-order valence-electron chi connectivity index (χ3n) is 4.83. The SMILES string of the molecule is N#Cc1cccc(CN2CCc3c([nH]n(-c4cccc(C#N)c4)c3=O)C2)c1. The maximum atomic E-state index is 12.8. The van der Waals surface area contributed by atoms with E-state index >= 15 is 0 Å². The molecule has 0 atom stereocenters. The van der Waals surface area contributed by atoms with Crippen LogP contribution in [0.2, 0.25) is 0 Å². The van der Waals surface area contributed by atoms with E-state index in [-0.39, 0.29) is 5.56 Å². The van der Waals surface area contributed by atoms with Crippen molar-refractivity contribution in [3.63, 3.8) is 0 Å². The van der Waals surface area contributed by atoms with Gasteiger partial charge in [-0.15, -0.1) is 0 Å². The van der Waals surface area contributed by atoms with Crippen LogP contribution in [-0.2, 0) is 19.5 Å². The fourth-order valence-electron chi connectivity index (χ4n) is 3.51. The van der Waals surface area contributed by atoms with Gasteiger partial charge in [0.05, 0.1) is 34.6 Å². The third kappa shape index (κ3) is 3.27. The van der Waals surface area contributed by atoms with Crippen molar-refractivity contribution in [3.8, 4) is 17.8 Å². The van der Waals surface area contributed by atoms with E-state index in [9.17, 15) is 4.79 Å². The van der Waals surface area contributed by atoms with Gasteiger partial charge in [0.15, 0.2) is 0 Å². The fourth-order valence-corrected chi connectivity index (χ4v) is 3.51. The summed E-state index contributed by atoms with van der Waals surface area (Å²) in [4.78, 5) is 15.0. The second-order valence-corrected chi connectivity index (χ2v) is 6.64. The van der Waals surface area contributed by atoms with Crippen molar-refractivity contribution in [2.45, 2.75) is 19.5 Å². The van der Waals surface area contributed by atoms with Crippen molar-refractivity contribution in [1.82, 2.24) is 14.7 Å². The monoisotopic (exact) mass is 355 g/mol. The maximum Gasteiger partial charge on any atom is 0.274 e. The molecule has 6 nitrogen and oxygen atoms in total. The molecule has 0 amide bonds. The minimum Gasteiger partial charge on any atom is -0.293 e. The Bertz CT molecular complexity index is 1140. The highest BCUT2D eigenvalue weighted by Gasteiger charge is 2.23. The van der Waals surface area contributed by atoms with Crippen LogP contribution in [0.5, 0.6) is 0 Å². The van der Waals surface area contributed by atoms with Crippen molar-refractivity contribution in [1.29, 1.82) is 10.5 Å². The Morgan fingerprint density at radius 1 is 1.04 bits per heavy atom. The van der Waals surface area contributed by atoms with Gasteiger partial charge in [0.25, 0.3) is 5.56 Å². The largest absolute Gasteiger partial charge is 0.293 e. The van der Waals surface area contributed by atoms with Gasteiger partial charge in [0, 0.05) is 25.2 Å². The zero-order chi connectivity index (χ0) is 18.8. The molecule has 0 saturated carbocycles. The second-order valence-electron chi connectivity index (χ2n) is 6.64. The van der Waals surface area contributed by atoms with Crippen LogP contribution in [0.1, 0.15) is 27.9 Å². The molecule has 132 valence electrons. The summed E-state index contributed by atoms with van der Waals surface area (Å²) in [5, 5.41) is 21.3. The molecule has 2 heterocycles. The zero-order valence-electron chi connectivity index (χ0n) is 14.6. The van der Waals surface area contributed by atoms with Crippen LogP contribution < -0.4 is 5.56 Å². The van der Waals surface area contributed by atoms with Gasteiger partial charge in [-0.25, -0.2) is 4.68 Å². The van der Waals surface area contributed by atoms with Gasteiger partial charge in [-0.1, -0.05) is 18.2 Å². The number of aromatic amines is 1. The third-order valence-corrected chi connectivity index (χ3v) is 4.83. The number of hydrogen-bond donors (Lipinski definition) is 1. The lowest BCUT2D eigenvalue weighted by molar-refractivity contribution is 0.242. The first-order valence-electron chi connectivity index (χ1n) is 8.72. The number of H-pyrrole nitrogens is 1. The average molecular weight is 355 g/mol. The Labute approximate surface area is 156 Å². The predicted octanol–water partition coefficient (Wildman–Crippen LogP) is 2.47. The fraction of sp³-hybridized carbons (Fsp3) is 0.190. The average Bonchev–Trinajstić information content (AvgIpc) is 3.04. The van der Waals surface area contributed by atoms with E-state index in [1.54, 1.807) is 24.3 Å². The number of aromatic nitrogens is 2. The first-order valence-corrected chi connectivity index (χ1v) is 8.72. The van der Waals surface area contributed by atoms with Crippen LogP contribution >= 0.6 is 0 Å². The molecule has 0 bridgehead atoms. The molecule has 0 saturated heterocycles. The first kappa shape index (κ1) is 16.8. The number of rotatable bonds is 3. The normalized spacial score (nSPS) is 13.6. The van der Waals surface area contributed by atoms with Crippen LogP contribution in [0.15, 0.2) is 53.3 Å². The lowest BCUT2D eigenvalue weighted by atomic mass is 10.1.